The predicted octanol–water partition coefficient (Wildman–Crippen LogP) is 2.21. The van der Waals surface area contributed by atoms with Gasteiger partial charge in [-0.15, -0.1) is 11.3 Å². The van der Waals surface area contributed by atoms with Gasteiger partial charge in [0.05, 0.1) is 37.1 Å². The summed E-state index contributed by atoms with van der Waals surface area (Å²) < 4.78 is 10.7. The van der Waals surface area contributed by atoms with Crippen LogP contribution in [0.5, 0.6) is 0 Å². The molecule has 24 heavy (non-hydrogen) atoms. The summed E-state index contributed by atoms with van der Waals surface area (Å²) >= 11 is 1.74. The second-order valence-electron chi connectivity index (χ2n) is 6.08. The number of aliphatic imine (C=N–C) groups is 1. The third-order valence-corrected chi connectivity index (χ3v) is 5.14. The van der Waals surface area contributed by atoms with Gasteiger partial charge in [-0.05, 0) is 27.2 Å². The molecule has 1 aromatic rings. The standard InChI is InChI=1S/C17H30N4O2S/c1-5-18-17(19-10-16-13(2)20-14(3)24-16)21-7-6-15(11-21)12-23-9-8-22-4/h15H,5-12H2,1-4H3,(H,18,19). The van der Waals surface area contributed by atoms with Crippen LogP contribution in [0.3, 0.4) is 0 Å². The van der Waals surface area contributed by atoms with Crippen molar-refractivity contribution in [2.24, 2.45) is 10.9 Å². The third-order valence-electron chi connectivity index (χ3n) is 4.08. The fourth-order valence-corrected chi connectivity index (χ4v) is 3.71. The van der Waals surface area contributed by atoms with Gasteiger partial charge in [-0.1, -0.05) is 0 Å². The summed E-state index contributed by atoms with van der Waals surface area (Å²) in [6.45, 7) is 12.0. The Morgan fingerprint density at radius 1 is 1.42 bits per heavy atom. The molecule has 1 atom stereocenters. The molecular weight excluding hydrogens is 324 g/mol. The molecule has 2 heterocycles. The van der Waals surface area contributed by atoms with E-state index < -0.39 is 0 Å². The number of guanidine groups is 1. The number of methoxy groups -OCH3 is 1. The summed E-state index contributed by atoms with van der Waals surface area (Å²) in [5.74, 6) is 1.57. The Labute approximate surface area is 149 Å². The highest BCUT2D eigenvalue weighted by molar-refractivity contribution is 7.11. The van der Waals surface area contributed by atoms with Crippen LogP contribution in [0.1, 0.15) is 28.9 Å². The highest BCUT2D eigenvalue weighted by Crippen LogP contribution is 2.20. The fraction of sp³-hybridized carbons (Fsp3) is 0.765. The molecule has 0 aliphatic carbocycles. The van der Waals surface area contributed by atoms with E-state index in [0.717, 1.165) is 49.3 Å². The number of nitrogens with one attached hydrogen (secondary N) is 1. The van der Waals surface area contributed by atoms with Gasteiger partial charge in [-0.3, -0.25) is 0 Å². The van der Waals surface area contributed by atoms with Crippen LogP contribution in [-0.4, -0.2) is 62.4 Å². The van der Waals surface area contributed by atoms with Gasteiger partial charge in [0.1, 0.15) is 0 Å². The van der Waals surface area contributed by atoms with Gasteiger partial charge in [0.25, 0.3) is 0 Å². The zero-order valence-corrected chi connectivity index (χ0v) is 16.1. The lowest BCUT2D eigenvalue weighted by Crippen LogP contribution is -2.40. The molecule has 1 aromatic heterocycles. The maximum atomic E-state index is 5.68. The summed E-state index contributed by atoms with van der Waals surface area (Å²) in [5, 5.41) is 4.53. The number of hydrogen-bond acceptors (Lipinski definition) is 5. The van der Waals surface area contributed by atoms with E-state index in [-0.39, 0.29) is 0 Å². The van der Waals surface area contributed by atoms with Gasteiger partial charge in [-0.25, -0.2) is 9.98 Å². The quantitative estimate of drug-likeness (QED) is 0.441. The zero-order valence-electron chi connectivity index (χ0n) is 15.3. The number of hydrogen-bond donors (Lipinski definition) is 1. The number of rotatable bonds is 8. The molecule has 0 amide bonds. The Kier molecular flexibility index (Phi) is 7.94. The van der Waals surface area contributed by atoms with E-state index in [1.54, 1.807) is 18.4 Å². The van der Waals surface area contributed by atoms with Gasteiger partial charge >= 0.3 is 0 Å². The molecule has 0 bridgehead atoms. The SMILES string of the molecule is CCNC(=NCc1sc(C)nc1C)N1CCC(COCCOC)C1. The molecule has 0 aromatic carbocycles. The van der Waals surface area contributed by atoms with E-state index in [2.05, 4.69) is 29.0 Å². The maximum absolute atomic E-state index is 5.68. The third kappa shape index (κ3) is 5.72. The minimum Gasteiger partial charge on any atom is -0.382 e. The minimum atomic E-state index is 0.568. The van der Waals surface area contributed by atoms with E-state index in [0.29, 0.717) is 25.7 Å². The molecule has 0 saturated carbocycles. The first-order valence-corrected chi connectivity index (χ1v) is 9.48. The number of thiazole rings is 1. The van der Waals surface area contributed by atoms with E-state index in [1.807, 2.05) is 6.92 Å². The van der Waals surface area contributed by atoms with E-state index in [9.17, 15) is 0 Å². The van der Waals surface area contributed by atoms with Crippen molar-refractivity contribution in [3.05, 3.63) is 15.6 Å². The van der Waals surface area contributed by atoms with Gasteiger partial charge < -0.3 is 19.7 Å². The first-order chi connectivity index (χ1) is 11.6. The maximum Gasteiger partial charge on any atom is 0.194 e. The smallest absolute Gasteiger partial charge is 0.194 e. The molecular formula is C17H30N4O2S. The number of ether oxygens (including phenoxy) is 2. The molecule has 136 valence electrons. The highest BCUT2D eigenvalue weighted by atomic mass is 32.1. The molecule has 1 N–H and O–H groups in total. The van der Waals surface area contributed by atoms with Crippen molar-refractivity contribution in [2.75, 3.05) is 46.6 Å². The van der Waals surface area contributed by atoms with Crippen molar-refractivity contribution >= 4 is 17.3 Å². The molecule has 1 aliphatic heterocycles. The number of aryl methyl sites for hydroxylation is 2. The first kappa shape index (κ1) is 19.1. The van der Waals surface area contributed by atoms with Gasteiger partial charge in [0.2, 0.25) is 0 Å². The summed E-state index contributed by atoms with van der Waals surface area (Å²) in [6, 6.07) is 0. The number of likely N-dealkylation sites (tertiary alicyclic amines) is 1. The van der Waals surface area contributed by atoms with Gasteiger partial charge in [-0.2, -0.15) is 0 Å². The van der Waals surface area contributed by atoms with E-state index in [1.165, 1.54) is 4.88 Å². The molecule has 6 nitrogen and oxygen atoms in total. The number of aromatic nitrogens is 1. The fourth-order valence-electron chi connectivity index (χ4n) is 2.85. The van der Waals surface area contributed by atoms with Crippen molar-refractivity contribution in [3.8, 4) is 0 Å². The largest absolute Gasteiger partial charge is 0.382 e. The summed E-state index contributed by atoms with van der Waals surface area (Å²) in [4.78, 5) is 12.9. The lowest BCUT2D eigenvalue weighted by Gasteiger charge is -2.21. The lowest BCUT2D eigenvalue weighted by molar-refractivity contribution is 0.0536. The molecule has 1 unspecified atom stereocenters. The topological polar surface area (TPSA) is 59.0 Å². The normalized spacial score (nSPS) is 18.4. The lowest BCUT2D eigenvalue weighted by atomic mass is 10.1. The van der Waals surface area contributed by atoms with Crippen molar-refractivity contribution in [3.63, 3.8) is 0 Å². The molecule has 0 spiro atoms. The highest BCUT2D eigenvalue weighted by Gasteiger charge is 2.25. The Balaban J connectivity index is 1.88. The minimum absolute atomic E-state index is 0.568. The van der Waals surface area contributed by atoms with Gasteiger partial charge in [0.15, 0.2) is 5.96 Å². The zero-order chi connectivity index (χ0) is 17.4. The monoisotopic (exact) mass is 354 g/mol. The Hall–Kier alpha value is -1.18. The second-order valence-corrected chi connectivity index (χ2v) is 7.37. The summed E-state index contributed by atoms with van der Waals surface area (Å²) in [6.07, 6.45) is 1.15. The molecule has 7 heteroatoms. The van der Waals surface area contributed by atoms with Crippen LogP contribution in [0.2, 0.25) is 0 Å². The van der Waals surface area contributed by atoms with Crippen molar-refractivity contribution in [1.82, 2.24) is 15.2 Å². The molecule has 0 radical (unpaired) electrons. The van der Waals surface area contributed by atoms with E-state index >= 15 is 0 Å². The molecule has 2 rings (SSSR count). The first-order valence-electron chi connectivity index (χ1n) is 8.66. The average Bonchev–Trinajstić information content (AvgIpc) is 3.14. The molecule has 1 aliphatic rings. The summed E-state index contributed by atoms with van der Waals surface area (Å²) in [5.41, 5.74) is 1.10. The Morgan fingerprint density at radius 2 is 2.25 bits per heavy atom. The van der Waals surface area contributed by atoms with Crippen LogP contribution in [-0.2, 0) is 16.0 Å². The van der Waals surface area contributed by atoms with Crippen LogP contribution >= 0.6 is 11.3 Å². The van der Waals surface area contributed by atoms with Gasteiger partial charge in [0, 0.05) is 37.5 Å². The van der Waals surface area contributed by atoms with Crippen LogP contribution in [0.15, 0.2) is 4.99 Å². The van der Waals surface area contributed by atoms with Crippen molar-refractivity contribution < 1.29 is 9.47 Å². The van der Waals surface area contributed by atoms with Crippen molar-refractivity contribution in [2.45, 2.75) is 33.7 Å². The molecule has 1 fully saturated rings. The van der Waals surface area contributed by atoms with E-state index in [4.69, 9.17) is 14.5 Å². The van der Waals surface area contributed by atoms with Crippen LogP contribution in [0, 0.1) is 19.8 Å². The second kappa shape index (κ2) is 9.96. The van der Waals surface area contributed by atoms with Crippen LogP contribution in [0.4, 0.5) is 0 Å². The van der Waals surface area contributed by atoms with Crippen LogP contribution < -0.4 is 5.32 Å². The Morgan fingerprint density at radius 3 is 2.92 bits per heavy atom. The van der Waals surface area contributed by atoms with Crippen molar-refractivity contribution in [1.29, 1.82) is 0 Å². The van der Waals surface area contributed by atoms with Crippen LogP contribution in [0.25, 0.3) is 0 Å². The summed E-state index contributed by atoms with van der Waals surface area (Å²) in [7, 11) is 1.70. The Bertz CT molecular complexity index is 533. The molecule has 1 saturated heterocycles. The number of nitrogens with zero attached hydrogens (tertiary/aromatic N) is 3. The predicted molar refractivity (Wildman–Crippen MR) is 98.8 cm³/mol. The average molecular weight is 355 g/mol.